The first-order valence-electron chi connectivity index (χ1n) is 8.66. The van der Waals surface area contributed by atoms with Crippen LogP contribution in [0.1, 0.15) is 49.5 Å². The molecule has 1 aliphatic heterocycles. The van der Waals surface area contributed by atoms with E-state index in [0.29, 0.717) is 25.3 Å². The van der Waals surface area contributed by atoms with Gasteiger partial charge in [0.2, 0.25) is 0 Å². The quantitative estimate of drug-likeness (QED) is 0.888. The van der Waals surface area contributed by atoms with Crippen LogP contribution in [0.4, 0.5) is 4.79 Å². The highest BCUT2D eigenvalue weighted by atomic mass is 16.6. The van der Waals surface area contributed by atoms with Gasteiger partial charge in [-0.15, -0.1) is 0 Å². The average Bonchev–Trinajstić information content (AvgIpc) is 3.00. The topological polar surface area (TPSA) is 67.9 Å². The van der Waals surface area contributed by atoms with Crippen LogP contribution in [0.15, 0.2) is 24.3 Å². The van der Waals surface area contributed by atoms with Crippen molar-refractivity contribution in [2.75, 3.05) is 20.2 Å². The third-order valence-electron chi connectivity index (χ3n) is 4.07. The summed E-state index contributed by atoms with van der Waals surface area (Å²) in [6.07, 6.45) is 1.46. The molecule has 6 heteroatoms. The van der Waals surface area contributed by atoms with Crippen molar-refractivity contribution >= 4 is 12.0 Å². The number of carbonyl (C=O) groups is 2. The number of hydrogen-bond donors (Lipinski definition) is 1. The molecule has 1 N–H and O–H groups in total. The van der Waals surface area contributed by atoms with E-state index in [2.05, 4.69) is 5.32 Å². The first-order chi connectivity index (χ1) is 11.8. The number of likely N-dealkylation sites (tertiary alicyclic amines) is 1. The minimum Gasteiger partial charge on any atom is -0.444 e. The van der Waals surface area contributed by atoms with Gasteiger partial charge in [0.15, 0.2) is 0 Å². The maximum absolute atomic E-state index is 12.5. The van der Waals surface area contributed by atoms with Crippen LogP contribution >= 0.6 is 0 Å². The number of nitrogens with one attached hydrogen (secondary N) is 1. The van der Waals surface area contributed by atoms with Crippen molar-refractivity contribution in [2.45, 2.75) is 51.9 Å². The van der Waals surface area contributed by atoms with Gasteiger partial charge in [-0.2, -0.15) is 0 Å². The predicted octanol–water partition coefficient (Wildman–Crippen LogP) is 2.96. The molecule has 0 saturated carbocycles. The monoisotopic (exact) mass is 348 g/mol. The highest BCUT2D eigenvalue weighted by molar-refractivity contribution is 5.95. The summed E-state index contributed by atoms with van der Waals surface area (Å²) in [6, 6.07) is 7.34. The normalized spacial score (nSPS) is 17.4. The van der Waals surface area contributed by atoms with Crippen LogP contribution in [0.5, 0.6) is 0 Å². The molecular weight excluding hydrogens is 320 g/mol. The van der Waals surface area contributed by atoms with Crippen LogP contribution in [-0.2, 0) is 16.1 Å². The summed E-state index contributed by atoms with van der Waals surface area (Å²) in [6.45, 7) is 7.02. The van der Waals surface area contributed by atoms with Gasteiger partial charge in [-0.1, -0.05) is 18.2 Å². The summed E-state index contributed by atoms with van der Waals surface area (Å²) in [5.41, 5.74) is 0.927. The summed E-state index contributed by atoms with van der Waals surface area (Å²) in [7, 11) is 1.60. The lowest BCUT2D eigenvalue weighted by atomic mass is 10.1. The molecule has 0 unspecified atom stereocenters. The van der Waals surface area contributed by atoms with Crippen molar-refractivity contribution in [1.29, 1.82) is 0 Å². The van der Waals surface area contributed by atoms with Crippen LogP contribution in [-0.4, -0.2) is 48.7 Å². The zero-order valence-electron chi connectivity index (χ0n) is 15.5. The fourth-order valence-electron chi connectivity index (χ4n) is 2.94. The van der Waals surface area contributed by atoms with Gasteiger partial charge in [0, 0.05) is 25.8 Å². The maximum atomic E-state index is 12.5. The number of ether oxygens (including phenoxy) is 2. The highest BCUT2D eigenvalue weighted by Gasteiger charge is 2.32. The second-order valence-corrected chi connectivity index (χ2v) is 7.27. The van der Waals surface area contributed by atoms with Crippen molar-refractivity contribution in [3.05, 3.63) is 35.4 Å². The lowest BCUT2D eigenvalue weighted by Crippen LogP contribution is -2.45. The van der Waals surface area contributed by atoms with Gasteiger partial charge in [0.1, 0.15) is 5.60 Å². The fraction of sp³-hybridized carbons (Fsp3) is 0.579. The van der Waals surface area contributed by atoms with Crippen molar-refractivity contribution in [2.24, 2.45) is 0 Å². The minimum absolute atomic E-state index is 0.0339. The van der Waals surface area contributed by atoms with Crippen LogP contribution in [0.25, 0.3) is 0 Å². The van der Waals surface area contributed by atoms with Crippen molar-refractivity contribution in [3.8, 4) is 0 Å². The Bertz CT molecular complexity index is 610. The molecule has 0 bridgehead atoms. The van der Waals surface area contributed by atoms with E-state index in [0.717, 1.165) is 18.4 Å². The van der Waals surface area contributed by atoms with Gasteiger partial charge in [0.05, 0.1) is 12.6 Å². The average molecular weight is 348 g/mol. The first-order valence-corrected chi connectivity index (χ1v) is 8.66. The van der Waals surface area contributed by atoms with Crippen molar-refractivity contribution in [3.63, 3.8) is 0 Å². The molecule has 0 aromatic heterocycles. The molecule has 2 amide bonds. The van der Waals surface area contributed by atoms with Gasteiger partial charge in [-0.25, -0.2) is 4.79 Å². The molecule has 0 spiro atoms. The molecular formula is C19H28N2O4. The van der Waals surface area contributed by atoms with E-state index in [-0.39, 0.29) is 18.0 Å². The Balaban J connectivity index is 1.96. The number of carbonyl (C=O) groups excluding carboxylic acids is 2. The number of nitrogens with zero attached hydrogens (tertiary/aromatic N) is 1. The second-order valence-electron chi connectivity index (χ2n) is 7.27. The third-order valence-corrected chi connectivity index (χ3v) is 4.07. The number of amides is 2. The van der Waals surface area contributed by atoms with E-state index in [4.69, 9.17) is 9.47 Å². The van der Waals surface area contributed by atoms with Crippen LogP contribution in [0.3, 0.4) is 0 Å². The maximum Gasteiger partial charge on any atom is 0.410 e. The van der Waals surface area contributed by atoms with Crippen molar-refractivity contribution in [1.82, 2.24) is 10.2 Å². The molecule has 1 fully saturated rings. The van der Waals surface area contributed by atoms with Crippen LogP contribution < -0.4 is 5.32 Å². The van der Waals surface area contributed by atoms with Crippen molar-refractivity contribution < 1.29 is 19.1 Å². The first kappa shape index (κ1) is 19.2. The predicted molar refractivity (Wildman–Crippen MR) is 95.5 cm³/mol. The van der Waals surface area contributed by atoms with E-state index in [9.17, 15) is 9.59 Å². The van der Waals surface area contributed by atoms with Gasteiger partial charge in [-0.3, -0.25) is 4.79 Å². The summed E-state index contributed by atoms with van der Waals surface area (Å²) in [5.74, 6) is -0.149. The molecule has 1 saturated heterocycles. The molecule has 1 heterocycles. The van der Waals surface area contributed by atoms with E-state index in [1.54, 1.807) is 18.1 Å². The van der Waals surface area contributed by atoms with Crippen LogP contribution in [0.2, 0.25) is 0 Å². The van der Waals surface area contributed by atoms with E-state index in [1.807, 2.05) is 39.0 Å². The number of benzene rings is 1. The highest BCUT2D eigenvalue weighted by Crippen LogP contribution is 2.20. The minimum atomic E-state index is -0.521. The lowest BCUT2D eigenvalue weighted by molar-refractivity contribution is 0.0225. The third kappa shape index (κ3) is 5.46. The SMILES string of the molecule is COCc1ccccc1C(=O)NC[C@@H]1CCCN1C(=O)OC(C)(C)C. The molecule has 1 atom stereocenters. The molecule has 1 aromatic rings. The molecule has 1 aliphatic rings. The Hall–Kier alpha value is -2.08. The van der Waals surface area contributed by atoms with Gasteiger partial charge >= 0.3 is 6.09 Å². The number of methoxy groups -OCH3 is 1. The largest absolute Gasteiger partial charge is 0.444 e. The van der Waals surface area contributed by atoms with Crippen LogP contribution in [0, 0.1) is 0 Å². The van der Waals surface area contributed by atoms with E-state index in [1.165, 1.54) is 0 Å². The Labute approximate surface area is 149 Å². The smallest absolute Gasteiger partial charge is 0.410 e. The second kappa shape index (κ2) is 8.34. The zero-order chi connectivity index (χ0) is 18.4. The number of rotatable bonds is 5. The molecule has 1 aromatic carbocycles. The molecule has 2 rings (SSSR count). The summed E-state index contributed by atoms with van der Waals surface area (Å²) >= 11 is 0. The Kier molecular flexibility index (Phi) is 6.42. The van der Waals surface area contributed by atoms with Gasteiger partial charge < -0.3 is 19.7 Å². The fourth-order valence-corrected chi connectivity index (χ4v) is 2.94. The molecule has 6 nitrogen and oxygen atoms in total. The molecule has 0 radical (unpaired) electrons. The summed E-state index contributed by atoms with van der Waals surface area (Å²) in [4.78, 5) is 26.5. The summed E-state index contributed by atoms with van der Waals surface area (Å²) in [5, 5.41) is 2.94. The summed E-state index contributed by atoms with van der Waals surface area (Å²) < 4.78 is 10.6. The Morgan fingerprint density at radius 1 is 1.28 bits per heavy atom. The number of hydrogen-bond acceptors (Lipinski definition) is 4. The van der Waals surface area contributed by atoms with E-state index < -0.39 is 5.60 Å². The Morgan fingerprint density at radius 3 is 2.68 bits per heavy atom. The molecule has 25 heavy (non-hydrogen) atoms. The molecule has 0 aliphatic carbocycles. The van der Waals surface area contributed by atoms with E-state index >= 15 is 0 Å². The Morgan fingerprint density at radius 2 is 2.00 bits per heavy atom. The lowest BCUT2D eigenvalue weighted by Gasteiger charge is -2.28. The standard InChI is InChI=1S/C19H28N2O4/c1-19(2,3)25-18(23)21-11-7-9-15(21)12-20-17(22)16-10-6-5-8-14(16)13-24-4/h5-6,8,10,15H,7,9,11-13H2,1-4H3,(H,20,22)/t15-/m0/s1. The van der Waals surface area contributed by atoms with Gasteiger partial charge in [-0.05, 0) is 45.2 Å². The zero-order valence-corrected chi connectivity index (χ0v) is 15.5. The molecule has 138 valence electrons. The van der Waals surface area contributed by atoms with Gasteiger partial charge in [0.25, 0.3) is 5.91 Å².